The Hall–Kier alpha value is -2.60. The average molecular weight is 237 g/mol. The lowest BCUT2D eigenvalue weighted by Crippen LogP contribution is -2.00. The highest BCUT2D eigenvalue weighted by Crippen LogP contribution is 2.23. The van der Waals surface area contributed by atoms with E-state index in [1.165, 1.54) is 7.11 Å². The third-order valence-electron chi connectivity index (χ3n) is 2.66. The predicted molar refractivity (Wildman–Crippen MR) is 67.9 cm³/mol. The summed E-state index contributed by atoms with van der Waals surface area (Å²) < 4.78 is 4.64. The lowest BCUT2D eigenvalue weighted by Gasteiger charge is -2.05. The number of carbonyl (C=O) groups excluding carboxylic acids is 1. The van der Waals surface area contributed by atoms with Crippen molar-refractivity contribution in [3.63, 3.8) is 0 Å². The maximum atomic E-state index is 11.3. The second-order valence-corrected chi connectivity index (χ2v) is 3.73. The molecule has 0 aliphatic rings. The molecule has 0 spiro atoms. The first-order valence-corrected chi connectivity index (χ1v) is 5.44. The van der Waals surface area contributed by atoms with E-state index in [0.29, 0.717) is 11.1 Å². The Morgan fingerprint density at radius 3 is 2.39 bits per heavy atom. The maximum absolute atomic E-state index is 11.3. The van der Waals surface area contributed by atoms with Crippen molar-refractivity contribution in [2.45, 2.75) is 0 Å². The molecule has 0 bridgehead atoms. The van der Waals surface area contributed by atoms with Crippen molar-refractivity contribution in [3.8, 4) is 17.2 Å². The van der Waals surface area contributed by atoms with Crippen LogP contribution in [0.15, 0.2) is 48.5 Å². The molecule has 0 saturated carbocycles. The molecule has 0 aromatic heterocycles. The standard InChI is InChI=1S/C15H11NO2/c1-18-15(17)12-8-6-11(7-9-12)14-5-3-2-4-13(14)10-16/h2-9H,1H3. The summed E-state index contributed by atoms with van der Waals surface area (Å²) in [6.45, 7) is 0. The van der Waals surface area contributed by atoms with Crippen molar-refractivity contribution in [2.24, 2.45) is 0 Å². The summed E-state index contributed by atoms with van der Waals surface area (Å²) in [6, 6.07) is 16.5. The van der Waals surface area contributed by atoms with Crippen LogP contribution in [-0.2, 0) is 4.74 Å². The Morgan fingerprint density at radius 1 is 1.11 bits per heavy atom. The van der Waals surface area contributed by atoms with Crippen LogP contribution in [0.5, 0.6) is 0 Å². The van der Waals surface area contributed by atoms with Crippen LogP contribution in [0.1, 0.15) is 15.9 Å². The van der Waals surface area contributed by atoms with E-state index in [4.69, 9.17) is 5.26 Å². The zero-order chi connectivity index (χ0) is 13.0. The van der Waals surface area contributed by atoms with Gasteiger partial charge in [-0.3, -0.25) is 0 Å². The van der Waals surface area contributed by atoms with Crippen molar-refractivity contribution in [1.82, 2.24) is 0 Å². The second-order valence-electron chi connectivity index (χ2n) is 3.73. The number of hydrogen-bond acceptors (Lipinski definition) is 3. The van der Waals surface area contributed by atoms with Gasteiger partial charge < -0.3 is 4.74 Å². The molecule has 3 heteroatoms. The molecule has 0 atom stereocenters. The predicted octanol–water partition coefficient (Wildman–Crippen LogP) is 3.01. The molecule has 2 aromatic carbocycles. The van der Waals surface area contributed by atoms with Crippen molar-refractivity contribution in [2.75, 3.05) is 7.11 Å². The highest BCUT2D eigenvalue weighted by atomic mass is 16.5. The Kier molecular flexibility index (Phi) is 3.40. The minimum absolute atomic E-state index is 0.366. The zero-order valence-electron chi connectivity index (χ0n) is 9.88. The number of nitrogens with zero attached hydrogens (tertiary/aromatic N) is 1. The quantitative estimate of drug-likeness (QED) is 0.754. The molecule has 0 unspecified atom stereocenters. The van der Waals surface area contributed by atoms with Crippen molar-refractivity contribution in [1.29, 1.82) is 5.26 Å². The molecule has 0 heterocycles. The summed E-state index contributed by atoms with van der Waals surface area (Å²) in [4.78, 5) is 11.3. The van der Waals surface area contributed by atoms with Crippen LogP contribution >= 0.6 is 0 Å². The van der Waals surface area contributed by atoms with Crippen LogP contribution in [0.4, 0.5) is 0 Å². The van der Waals surface area contributed by atoms with E-state index in [1.54, 1.807) is 18.2 Å². The minimum atomic E-state index is -0.366. The highest BCUT2D eigenvalue weighted by molar-refractivity contribution is 5.90. The van der Waals surface area contributed by atoms with Crippen LogP contribution in [0.3, 0.4) is 0 Å². The van der Waals surface area contributed by atoms with E-state index in [0.717, 1.165) is 11.1 Å². The van der Waals surface area contributed by atoms with Gasteiger partial charge in [0.2, 0.25) is 0 Å². The molecule has 0 fully saturated rings. The first-order valence-electron chi connectivity index (χ1n) is 5.44. The molecule has 18 heavy (non-hydrogen) atoms. The molecule has 2 rings (SSSR count). The summed E-state index contributed by atoms with van der Waals surface area (Å²) in [5, 5.41) is 9.04. The molecule has 0 aliphatic carbocycles. The molecule has 3 nitrogen and oxygen atoms in total. The largest absolute Gasteiger partial charge is 0.465 e. The van der Waals surface area contributed by atoms with Gasteiger partial charge in [0, 0.05) is 0 Å². The van der Waals surface area contributed by atoms with E-state index in [-0.39, 0.29) is 5.97 Å². The number of methoxy groups -OCH3 is 1. The monoisotopic (exact) mass is 237 g/mol. The minimum Gasteiger partial charge on any atom is -0.465 e. The van der Waals surface area contributed by atoms with Gasteiger partial charge in [-0.25, -0.2) is 4.79 Å². The van der Waals surface area contributed by atoms with Crippen LogP contribution < -0.4 is 0 Å². The van der Waals surface area contributed by atoms with Crippen LogP contribution in [0.2, 0.25) is 0 Å². The van der Waals surface area contributed by atoms with Gasteiger partial charge in [-0.2, -0.15) is 5.26 Å². The van der Waals surface area contributed by atoms with Gasteiger partial charge in [-0.05, 0) is 29.3 Å². The fourth-order valence-corrected chi connectivity index (χ4v) is 1.74. The Balaban J connectivity index is 2.41. The van der Waals surface area contributed by atoms with E-state index in [1.807, 2.05) is 30.3 Å². The van der Waals surface area contributed by atoms with Gasteiger partial charge in [-0.1, -0.05) is 30.3 Å². The molecule has 2 aromatic rings. The fraction of sp³-hybridized carbons (Fsp3) is 0.0667. The summed E-state index contributed by atoms with van der Waals surface area (Å²) in [5.74, 6) is -0.366. The Morgan fingerprint density at radius 2 is 1.78 bits per heavy atom. The topological polar surface area (TPSA) is 50.1 Å². The van der Waals surface area contributed by atoms with Crippen molar-refractivity contribution < 1.29 is 9.53 Å². The van der Waals surface area contributed by atoms with E-state index < -0.39 is 0 Å². The van der Waals surface area contributed by atoms with Crippen molar-refractivity contribution >= 4 is 5.97 Å². The molecule has 0 aliphatic heterocycles. The first kappa shape index (κ1) is 11.9. The second kappa shape index (κ2) is 5.15. The number of rotatable bonds is 2. The van der Waals surface area contributed by atoms with Gasteiger partial charge >= 0.3 is 5.97 Å². The summed E-state index contributed by atoms with van der Waals surface area (Å²) >= 11 is 0. The number of esters is 1. The number of benzene rings is 2. The lowest BCUT2D eigenvalue weighted by atomic mass is 9.99. The molecule has 0 radical (unpaired) electrons. The number of carbonyl (C=O) groups is 1. The zero-order valence-corrected chi connectivity index (χ0v) is 9.88. The van der Waals surface area contributed by atoms with Gasteiger partial charge in [-0.15, -0.1) is 0 Å². The number of ether oxygens (including phenoxy) is 1. The van der Waals surface area contributed by atoms with E-state index in [9.17, 15) is 4.79 Å². The molecule has 0 N–H and O–H groups in total. The average Bonchev–Trinajstić information content (AvgIpc) is 2.46. The highest BCUT2D eigenvalue weighted by Gasteiger charge is 2.07. The number of hydrogen-bond donors (Lipinski definition) is 0. The molecule has 0 amide bonds. The van der Waals surface area contributed by atoms with Gasteiger partial charge in [0.15, 0.2) is 0 Å². The van der Waals surface area contributed by atoms with Crippen LogP contribution in [-0.4, -0.2) is 13.1 Å². The summed E-state index contributed by atoms with van der Waals surface area (Å²) in [6.07, 6.45) is 0. The van der Waals surface area contributed by atoms with Crippen LogP contribution in [0, 0.1) is 11.3 Å². The van der Waals surface area contributed by atoms with Gasteiger partial charge in [0.25, 0.3) is 0 Å². The summed E-state index contributed by atoms with van der Waals surface area (Å²) in [5.41, 5.74) is 2.87. The van der Waals surface area contributed by atoms with Crippen LogP contribution in [0.25, 0.3) is 11.1 Å². The smallest absolute Gasteiger partial charge is 0.337 e. The van der Waals surface area contributed by atoms with E-state index in [2.05, 4.69) is 10.8 Å². The van der Waals surface area contributed by atoms with Gasteiger partial charge in [0.05, 0.1) is 24.3 Å². The molecular formula is C15H11NO2. The fourth-order valence-electron chi connectivity index (χ4n) is 1.74. The third kappa shape index (κ3) is 2.23. The molecule has 0 saturated heterocycles. The Bertz CT molecular complexity index is 609. The number of nitriles is 1. The normalized spacial score (nSPS) is 9.56. The lowest BCUT2D eigenvalue weighted by molar-refractivity contribution is 0.0601. The SMILES string of the molecule is COC(=O)c1ccc(-c2ccccc2C#N)cc1. The summed E-state index contributed by atoms with van der Waals surface area (Å²) in [7, 11) is 1.35. The first-order chi connectivity index (χ1) is 8.76. The Labute approximate surface area is 105 Å². The van der Waals surface area contributed by atoms with E-state index >= 15 is 0 Å². The van der Waals surface area contributed by atoms with Gasteiger partial charge in [0.1, 0.15) is 0 Å². The third-order valence-corrected chi connectivity index (χ3v) is 2.66. The van der Waals surface area contributed by atoms with Crippen molar-refractivity contribution in [3.05, 3.63) is 59.7 Å². The molecular weight excluding hydrogens is 226 g/mol. The molecule has 88 valence electrons. The maximum Gasteiger partial charge on any atom is 0.337 e.